The fourth-order valence-electron chi connectivity index (χ4n) is 1.55. The molecule has 0 amide bonds. The van der Waals surface area contributed by atoms with Crippen molar-refractivity contribution in [1.82, 2.24) is 9.97 Å². The summed E-state index contributed by atoms with van der Waals surface area (Å²) in [4.78, 5) is 18.9. The predicted octanol–water partition coefficient (Wildman–Crippen LogP) is 1.22. The molecule has 3 N–H and O–H groups in total. The van der Waals surface area contributed by atoms with Gasteiger partial charge < -0.3 is 10.7 Å². The van der Waals surface area contributed by atoms with Gasteiger partial charge in [-0.15, -0.1) is 0 Å². The Labute approximate surface area is 120 Å². The Morgan fingerprint density at radius 1 is 1.30 bits per heavy atom. The third kappa shape index (κ3) is 3.40. The van der Waals surface area contributed by atoms with Gasteiger partial charge in [-0.1, -0.05) is 0 Å². The number of nitrogens with two attached hydrogens (primary N) is 1. The molecule has 0 fully saturated rings. The Balaban J connectivity index is 2.37. The summed E-state index contributed by atoms with van der Waals surface area (Å²) in [6.45, 7) is 1.72. The molecule has 1 heterocycles. The van der Waals surface area contributed by atoms with E-state index in [4.69, 9.17) is 5.73 Å². The average molecular weight is 311 g/mol. The minimum Gasteiger partial charge on any atom is -0.398 e. The molecule has 106 valence electrons. The van der Waals surface area contributed by atoms with Crippen LogP contribution in [0, 0.1) is 6.92 Å². The van der Waals surface area contributed by atoms with Crippen molar-refractivity contribution in [2.24, 2.45) is 0 Å². The van der Waals surface area contributed by atoms with E-state index in [0.29, 0.717) is 21.4 Å². The molecule has 0 saturated heterocycles. The summed E-state index contributed by atoms with van der Waals surface area (Å²) in [6.07, 6.45) is 1.12. The first kappa shape index (κ1) is 14.6. The van der Waals surface area contributed by atoms with Gasteiger partial charge in [-0.3, -0.25) is 4.79 Å². The lowest BCUT2D eigenvalue weighted by atomic mass is 10.3. The van der Waals surface area contributed by atoms with Crippen molar-refractivity contribution in [3.8, 4) is 0 Å². The lowest BCUT2D eigenvalue weighted by molar-refractivity contribution is 0.602. The van der Waals surface area contributed by atoms with Crippen molar-refractivity contribution in [2.45, 2.75) is 21.9 Å². The Bertz CT molecular complexity index is 813. The molecule has 1 aromatic carbocycles. The summed E-state index contributed by atoms with van der Waals surface area (Å²) in [5.74, 6) is 0. The second-order valence-corrected chi connectivity index (χ2v) is 7.31. The van der Waals surface area contributed by atoms with Gasteiger partial charge in [0.2, 0.25) is 0 Å². The number of aromatic nitrogens is 2. The number of anilines is 1. The number of sulfone groups is 1. The summed E-state index contributed by atoms with van der Waals surface area (Å²) >= 11 is 1.18. The zero-order valence-corrected chi connectivity index (χ0v) is 12.5. The normalized spacial score (nSPS) is 11.5. The van der Waals surface area contributed by atoms with Crippen LogP contribution in [0.2, 0.25) is 0 Å². The molecule has 0 unspecified atom stereocenters. The Morgan fingerprint density at radius 3 is 2.55 bits per heavy atom. The van der Waals surface area contributed by atoms with Crippen LogP contribution in [-0.4, -0.2) is 24.6 Å². The van der Waals surface area contributed by atoms with Crippen LogP contribution in [0.25, 0.3) is 0 Å². The third-order valence-corrected chi connectivity index (χ3v) is 4.55. The molecular formula is C12H13N3O3S2. The zero-order chi connectivity index (χ0) is 14.9. The summed E-state index contributed by atoms with van der Waals surface area (Å²) in [5, 5.41) is 0.411. The van der Waals surface area contributed by atoms with Crippen LogP contribution in [0.4, 0.5) is 5.69 Å². The molecule has 0 radical (unpaired) electrons. The molecule has 20 heavy (non-hydrogen) atoms. The highest BCUT2D eigenvalue weighted by atomic mass is 32.2. The topological polar surface area (TPSA) is 106 Å². The number of hydrogen-bond donors (Lipinski definition) is 2. The van der Waals surface area contributed by atoms with Gasteiger partial charge in [0.25, 0.3) is 5.56 Å². The maximum Gasteiger partial charge on any atom is 0.251 e. The highest BCUT2D eigenvalue weighted by Crippen LogP contribution is 2.31. The van der Waals surface area contributed by atoms with Gasteiger partial charge in [0.15, 0.2) is 15.0 Å². The van der Waals surface area contributed by atoms with Crippen molar-refractivity contribution in [2.75, 3.05) is 12.0 Å². The first-order valence-corrected chi connectivity index (χ1v) is 8.32. The van der Waals surface area contributed by atoms with Crippen molar-refractivity contribution in [1.29, 1.82) is 0 Å². The lowest BCUT2D eigenvalue weighted by Crippen LogP contribution is -2.08. The lowest BCUT2D eigenvalue weighted by Gasteiger charge is -2.07. The molecule has 0 aliphatic heterocycles. The highest BCUT2D eigenvalue weighted by Gasteiger charge is 2.11. The third-order valence-electron chi connectivity index (χ3n) is 2.46. The van der Waals surface area contributed by atoms with E-state index >= 15 is 0 Å². The summed E-state index contributed by atoms with van der Waals surface area (Å²) < 4.78 is 22.8. The molecule has 2 aromatic rings. The van der Waals surface area contributed by atoms with Crippen LogP contribution in [0.3, 0.4) is 0 Å². The van der Waals surface area contributed by atoms with Crippen molar-refractivity contribution >= 4 is 27.3 Å². The molecule has 0 saturated carbocycles. The molecule has 0 bridgehead atoms. The Kier molecular flexibility index (Phi) is 3.87. The van der Waals surface area contributed by atoms with Crippen molar-refractivity contribution in [3.63, 3.8) is 0 Å². The van der Waals surface area contributed by atoms with Gasteiger partial charge in [0.05, 0.1) is 4.90 Å². The number of nitrogens with zero attached hydrogens (tertiary/aromatic N) is 1. The number of aromatic amines is 1. The van der Waals surface area contributed by atoms with Crippen LogP contribution >= 0.6 is 11.8 Å². The molecule has 0 atom stereocenters. The van der Waals surface area contributed by atoms with E-state index in [-0.39, 0.29) is 10.5 Å². The van der Waals surface area contributed by atoms with Gasteiger partial charge in [-0.25, -0.2) is 13.4 Å². The molecule has 6 nitrogen and oxygen atoms in total. The zero-order valence-electron chi connectivity index (χ0n) is 10.9. The first-order chi connectivity index (χ1) is 9.25. The van der Waals surface area contributed by atoms with E-state index < -0.39 is 9.84 Å². The quantitative estimate of drug-likeness (QED) is 0.652. The summed E-state index contributed by atoms with van der Waals surface area (Å²) in [5.41, 5.74) is 6.51. The van der Waals surface area contributed by atoms with E-state index in [1.807, 2.05) is 0 Å². The number of H-pyrrole nitrogens is 1. The fourth-order valence-corrected chi connectivity index (χ4v) is 3.07. The summed E-state index contributed by atoms with van der Waals surface area (Å²) in [7, 11) is -3.29. The smallest absolute Gasteiger partial charge is 0.251 e. The largest absolute Gasteiger partial charge is 0.398 e. The maximum absolute atomic E-state index is 11.4. The standard InChI is InChI=1S/C12H13N3O3S2/c1-7-5-11(16)15-12(14-7)19-10-4-3-8(6-9(10)13)20(2,17)18/h3-6H,13H2,1-2H3,(H,14,15,16). The number of benzene rings is 1. The molecule has 8 heteroatoms. The molecule has 0 aliphatic carbocycles. The molecular weight excluding hydrogens is 298 g/mol. The number of hydrogen-bond acceptors (Lipinski definition) is 6. The van der Waals surface area contributed by atoms with Gasteiger partial charge in [-0.2, -0.15) is 0 Å². The molecule has 0 spiro atoms. The van der Waals surface area contributed by atoms with Gasteiger partial charge >= 0.3 is 0 Å². The van der Waals surface area contributed by atoms with Crippen molar-refractivity contribution in [3.05, 3.63) is 40.3 Å². The number of aryl methyl sites for hydroxylation is 1. The van der Waals surface area contributed by atoms with E-state index in [0.717, 1.165) is 6.26 Å². The van der Waals surface area contributed by atoms with Gasteiger partial charge in [-0.05, 0) is 36.9 Å². The predicted molar refractivity (Wildman–Crippen MR) is 77.7 cm³/mol. The van der Waals surface area contributed by atoms with Gasteiger partial charge in [0, 0.05) is 28.6 Å². The number of nitrogen functional groups attached to an aromatic ring is 1. The van der Waals surface area contributed by atoms with Crippen LogP contribution in [0.5, 0.6) is 0 Å². The first-order valence-electron chi connectivity index (χ1n) is 5.61. The van der Waals surface area contributed by atoms with E-state index in [9.17, 15) is 13.2 Å². The highest BCUT2D eigenvalue weighted by molar-refractivity contribution is 7.99. The van der Waals surface area contributed by atoms with Crippen LogP contribution in [-0.2, 0) is 9.84 Å². The SMILES string of the molecule is Cc1cc(=O)[nH]c(Sc2ccc(S(C)(=O)=O)cc2N)n1. The van der Waals surface area contributed by atoms with Crippen LogP contribution < -0.4 is 11.3 Å². The van der Waals surface area contributed by atoms with E-state index in [1.165, 1.54) is 30.0 Å². The van der Waals surface area contributed by atoms with E-state index in [1.54, 1.807) is 13.0 Å². The molecule has 1 aromatic heterocycles. The Hall–Kier alpha value is -1.80. The van der Waals surface area contributed by atoms with Crippen LogP contribution in [0.1, 0.15) is 5.69 Å². The van der Waals surface area contributed by atoms with Gasteiger partial charge in [0.1, 0.15) is 0 Å². The number of rotatable bonds is 3. The minimum atomic E-state index is -3.29. The number of nitrogens with one attached hydrogen (secondary N) is 1. The maximum atomic E-state index is 11.4. The van der Waals surface area contributed by atoms with Crippen LogP contribution in [0.15, 0.2) is 44.0 Å². The summed E-state index contributed by atoms with van der Waals surface area (Å²) in [6, 6.07) is 5.85. The average Bonchev–Trinajstić information content (AvgIpc) is 2.29. The molecule has 0 aliphatic rings. The minimum absolute atomic E-state index is 0.157. The van der Waals surface area contributed by atoms with E-state index in [2.05, 4.69) is 9.97 Å². The Morgan fingerprint density at radius 2 is 2.00 bits per heavy atom. The fraction of sp³-hybridized carbons (Fsp3) is 0.167. The molecule has 2 rings (SSSR count). The second-order valence-electron chi connectivity index (χ2n) is 4.27. The second kappa shape index (κ2) is 5.29. The monoisotopic (exact) mass is 311 g/mol. The van der Waals surface area contributed by atoms with Crippen molar-refractivity contribution < 1.29 is 8.42 Å².